The Balaban J connectivity index is 2.40. The maximum absolute atomic E-state index is 11.7. The molecule has 1 fully saturated rings. The molecule has 1 aromatic heterocycles. The number of H-pyrrole nitrogens is 1. The summed E-state index contributed by atoms with van der Waals surface area (Å²) in [5, 5.41) is 9.01. The third kappa shape index (κ3) is 3.33. The summed E-state index contributed by atoms with van der Waals surface area (Å²) in [6, 6.07) is 1.36. The van der Waals surface area contributed by atoms with E-state index in [0.717, 1.165) is 12.8 Å². The van der Waals surface area contributed by atoms with E-state index in [1.54, 1.807) is 4.90 Å². The SMILES string of the molecule is CC(C)(C)N(CC(=O)O)c1cc(=O)[nH]c(C2CC2)n1. The van der Waals surface area contributed by atoms with Crippen molar-refractivity contribution in [2.45, 2.75) is 45.1 Å². The second-order valence-electron chi connectivity index (χ2n) is 5.91. The van der Waals surface area contributed by atoms with E-state index in [0.29, 0.717) is 17.6 Å². The number of hydrogen-bond donors (Lipinski definition) is 2. The number of carboxylic acids is 1. The van der Waals surface area contributed by atoms with Crippen LogP contribution in [0.3, 0.4) is 0 Å². The first-order valence-corrected chi connectivity index (χ1v) is 6.38. The molecule has 0 atom stereocenters. The molecule has 19 heavy (non-hydrogen) atoms. The average Bonchev–Trinajstić information content (AvgIpc) is 3.06. The number of carboxylic acid groups (broad SMARTS) is 1. The second kappa shape index (κ2) is 4.68. The van der Waals surface area contributed by atoms with E-state index < -0.39 is 11.5 Å². The van der Waals surface area contributed by atoms with Gasteiger partial charge in [0.05, 0.1) is 0 Å². The molecule has 0 bridgehead atoms. The first-order chi connectivity index (χ1) is 8.77. The lowest BCUT2D eigenvalue weighted by atomic mass is 10.1. The third-order valence-electron chi connectivity index (χ3n) is 3.09. The van der Waals surface area contributed by atoms with Crippen LogP contribution in [0.2, 0.25) is 0 Å². The minimum absolute atomic E-state index is 0.177. The van der Waals surface area contributed by atoms with Crippen molar-refractivity contribution in [3.05, 3.63) is 22.2 Å². The number of hydrogen-bond acceptors (Lipinski definition) is 4. The van der Waals surface area contributed by atoms with Gasteiger partial charge < -0.3 is 15.0 Å². The van der Waals surface area contributed by atoms with Crippen LogP contribution in [0.15, 0.2) is 10.9 Å². The van der Waals surface area contributed by atoms with Crippen LogP contribution in [0.25, 0.3) is 0 Å². The van der Waals surface area contributed by atoms with E-state index >= 15 is 0 Å². The van der Waals surface area contributed by atoms with Crippen molar-refractivity contribution in [2.24, 2.45) is 0 Å². The number of nitrogens with zero attached hydrogens (tertiary/aromatic N) is 2. The van der Waals surface area contributed by atoms with Crippen LogP contribution < -0.4 is 10.5 Å². The van der Waals surface area contributed by atoms with Crippen molar-refractivity contribution in [3.63, 3.8) is 0 Å². The van der Waals surface area contributed by atoms with Gasteiger partial charge in [-0.15, -0.1) is 0 Å². The van der Waals surface area contributed by atoms with E-state index in [9.17, 15) is 9.59 Å². The molecule has 0 radical (unpaired) electrons. The van der Waals surface area contributed by atoms with E-state index in [1.807, 2.05) is 20.8 Å². The zero-order chi connectivity index (χ0) is 14.2. The second-order valence-corrected chi connectivity index (χ2v) is 5.91. The maximum atomic E-state index is 11.7. The van der Waals surface area contributed by atoms with Gasteiger partial charge in [-0.05, 0) is 33.6 Å². The molecule has 6 nitrogen and oxygen atoms in total. The molecule has 0 aromatic carbocycles. The third-order valence-corrected chi connectivity index (χ3v) is 3.09. The van der Waals surface area contributed by atoms with Crippen LogP contribution in [-0.4, -0.2) is 33.1 Å². The molecule has 0 unspecified atom stereocenters. The molecule has 1 heterocycles. The Labute approximate surface area is 111 Å². The van der Waals surface area contributed by atoms with Gasteiger partial charge in [-0.1, -0.05) is 0 Å². The van der Waals surface area contributed by atoms with E-state index in [2.05, 4.69) is 9.97 Å². The summed E-state index contributed by atoms with van der Waals surface area (Å²) in [4.78, 5) is 31.5. The fourth-order valence-electron chi connectivity index (χ4n) is 1.95. The zero-order valence-electron chi connectivity index (χ0n) is 11.4. The molecule has 1 saturated carbocycles. The normalized spacial score (nSPS) is 15.3. The topological polar surface area (TPSA) is 86.3 Å². The summed E-state index contributed by atoms with van der Waals surface area (Å²) >= 11 is 0. The lowest BCUT2D eigenvalue weighted by Gasteiger charge is -2.35. The Bertz CT molecular complexity index is 541. The number of anilines is 1. The van der Waals surface area contributed by atoms with Gasteiger partial charge in [-0.3, -0.25) is 9.59 Å². The predicted octanol–water partition coefficient (Wildman–Crippen LogP) is 1.34. The van der Waals surface area contributed by atoms with Crippen molar-refractivity contribution in [1.29, 1.82) is 0 Å². The van der Waals surface area contributed by atoms with Crippen molar-refractivity contribution in [2.75, 3.05) is 11.4 Å². The smallest absolute Gasteiger partial charge is 0.323 e. The fourth-order valence-corrected chi connectivity index (χ4v) is 1.95. The average molecular weight is 265 g/mol. The number of nitrogens with one attached hydrogen (secondary N) is 1. The molecule has 0 spiro atoms. The lowest BCUT2D eigenvalue weighted by molar-refractivity contribution is -0.135. The van der Waals surface area contributed by atoms with Crippen molar-refractivity contribution in [1.82, 2.24) is 9.97 Å². The molecule has 0 saturated heterocycles. The highest BCUT2D eigenvalue weighted by molar-refractivity contribution is 5.73. The van der Waals surface area contributed by atoms with Gasteiger partial charge in [-0.2, -0.15) is 0 Å². The van der Waals surface area contributed by atoms with Gasteiger partial charge in [0.1, 0.15) is 18.2 Å². The van der Waals surface area contributed by atoms with Crippen LogP contribution in [-0.2, 0) is 4.79 Å². The highest BCUT2D eigenvalue weighted by atomic mass is 16.4. The Hall–Kier alpha value is -1.85. The molecule has 1 aliphatic rings. The Kier molecular flexibility index (Phi) is 3.34. The fraction of sp³-hybridized carbons (Fsp3) is 0.615. The number of carbonyl (C=O) groups is 1. The standard InChI is InChI=1S/C13H19N3O3/c1-13(2,3)16(7-11(18)19)9-6-10(17)15-12(14-9)8-4-5-8/h6,8H,4-5,7H2,1-3H3,(H,18,19)(H,14,15,17). The molecule has 1 aliphatic carbocycles. The molecule has 1 aromatic rings. The van der Waals surface area contributed by atoms with Crippen LogP contribution in [0.5, 0.6) is 0 Å². The van der Waals surface area contributed by atoms with Crippen LogP contribution in [0.1, 0.15) is 45.4 Å². The highest BCUT2D eigenvalue weighted by Gasteiger charge is 2.29. The summed E-state index contributed by atoms with van der Waals surface area (Å²) < 4.78 is 0. The maximum Gasteiger partial charge on any atom is 0.323 e. The summed E-state index contributed by atoms with van der Waals surface area (Å²) in [5.41, 5.74) is -0.647. The molecule has 2 rings (SSSR count). The van der Waals surface area contributed by atoms with Gasteiger partial charge in [-0.25, -0.2) is 4.98 Å². The van der Waals surface area contributed by atoms with Crippen molar-refractivity contribution >= 4 is 11.8 Å². The summed E-state index contributed by atoms with van der Waals surface area (Å²) in [7, 11) is 0. The number of rotatable bonds is 4. The molecule has 6 heteroatoms. The number of aromatic amines is 1. The molecule has 104 valence electrons. The van der Waals surface area contributed by atoms with Crippen LogP contribution >= 0.6 is 0 Å². The Morgan fingerprint density at radius 3 is 2.63 bits per heavy atom. The molecule has 0 amide bonds. The monoisotopic (exact) mass is 265 g/mol. The van der Waals surface area contributed by atoms with Crippen LogP contribution in [0.4, 0.5) is 5.82 Å². The van der Waals surface area contributed by atoms with E-state index in [-0.39, 0.29) is 12.1 Å². The minimum atomic E-state index is -0.940. The predicted molar refractivity (Wildman–Crippen MR) is 71.6 cm³/mol. The molecular formula is C13H19N3O3. The van der Waals surface area contributed by atoms with E-state index in [1.165, 1.54) is 6.07 Å². The van der Waals surface area contributed by atoms with Gasteiger partial charge in [0.2, 0.25) is 0 Å². The highest BCUT2D eigenvalue weighted by Crippen LogP contribution is 2.38. The van der Waals surface area contributed by atoms with Gasteiger partial charge in [0.15, 0.2) is 0 Å². The summed E-state index contributed by atoms with van der Waals surface area (Å²) in [6.45, 7) is 5.52. The first kappa shape index (κ1) is 13.6. The number of aliphatic carboxylic acids is 1. The van der Waals surface area contributed by atoms with Crippen molar-refractivity contribution < 1.29 is 9.90 Å². The van der Waals surface area contributed by atoms with Crippen molar-refractivity contribution in [3.8, 4) is 0 Å². The summed E-state index contributed by atoms with van der Waals surface area (Å²) in [6.07, 6.45) is 2.06. The molecule has 2 N–H and O–H groups in total. The Morgan fingerprint density at radius 2 is 2.16 bits per heavy atom. The van der Waals surface area contributed by atoms with Crippen LogP contribution in [0, 0.1) is 0 Å². The minimum Gasteiger partial charge on any atom is -0.480 e. The largest absolute Gasteiger partial charge is 0.480 e. The van der Waals surface area contributed by atoms with E-state index in [4.69, 9.17) is 5.11 Å². The zero-order valence-corrected chi connectivity index (χ0v) is 11.4. The van der Waals surface area contributed by atoms with Gasteiger partial charge in [0.25, 0.3) is 5.56 Å². The first-order valence-electron chi connectivity index (χ1n) is 6.38. The molecular weight excluding hydrogens is 246 g/mol. The molecule has 0 aliphatic heterocycles. The number of aromatic nitrogens is 2. The van der Waals surface area contributed by atoms with Gasteiger partial charge in [0, 0.05) is 17.5 Å². The lowest BCUT2D eigenvalue weighted by Crippen LogP contribution is -2.45. The quantitative estimate of drug-likeness (QED) is 0.857. The van der Waals surface area contributed by atoms with Gasteiger partial charge >= 0.3 is 5.97 Å². The summed E-state index contributed by atoms with van der Waals surface area (Å²) in [5.74, 6) is 0.479. The Morgan fingerprint density at radius 1 is 1.53 bits per heavy atom.